The highest BCUT2D eigenvalue weighted by atomic mass is 35.5. The van der Waals surface area contributed by atoms with E-state index in [0.29, 0.717) is 23.0 Å². The maximum Gasteiger partial charge on any atom is 0.227 e. The summed E-state index contributed by atoms with van der Waals surface area (Å²) in [7, 11) is 1.54. The van der Waals surface area contributed by atoms with Gasteiger partial charge in [-0.2, -0.15) is 0 Å². The molecule has 114 valence electrons. The van der Waals surface area contributed by atoms with Gasteiger partial charge in [0.05, 0.1) is 18.7 Å². The molecule has 0 saturated carbocycles. The molecule has 1 saturated heterocycles. The summed E-state index contributed by atoms with van der Waals surface area (Å²) in [6.07, 6.45) is 0.203. The average Bonchev–Trinajstić information content (AvgIpc) is 2.80. The second-order valence-electron chi connectivity index (χ2n) is 5.38. The molecule has 2 amide bonds. The quantitative estimate of drug-likeness (QED) is 0.927. The van der Waals surface area contributed by atoms with Gasteiger partial charge < -0.3 is 15.0 Å². The average molecular weight is 311 g/mol. The van der Waals surface area contributed by atoms with E-state index in [9.17, 15) is 9.59 Å². The molecule has 1 heterocycles. The second-order valence-corrected chi connectivity index (χ2v) is 5.82. The molecule has 5 nitrogen and oxygen atoms in total. The number of benzene rings is 1. The van der Waals surface area contributed by atoms with Gasteiger partial charge >= 0.3 is 0 Å². The first-order chi connectivity index (χ1) is 9.92. The van der Waals surface area contributed by atoms with E-state index < -0.39 is 0 Å². The summed E-state index contributed by atoms with van der Waals surface area (Å²) in [5, 5.41) is 3.36. The van der Waals surface area contributed by atoms with Crippen LogP contribution in [0.1, 0.15) is 20.3 Å². The van der Waals surface area contributed by atoms with Crippen LogP contribution < -0.4 is 15.0 Å². The maximum atomic E-state index is 12.2. The molecule has 1 atom stereocenters. The van der Waals surface area contributed by atoms with Crippen molar-refractivity contribution >= 4 is 29.1 Å². The Balaban J connectivity index is 2.21. The Hall–Kier alpha value is -1.75. The fourth-order valence-electron chi connectivity index (χ4n) is 2.39. The van der Waals surface area contributed by atoms with E-state index in [2.05, 4.69) is 5.32 Å². The molecule has 1 aliphatic rings. The van der Waals surface area contributed by atoms with Gasteiger partial charge in [0.1, 0.15) is 5.75 Å². The number of amides is 2. The Bertz CT molecular complexity index is 560. The highest BCUT2D eigenvalue weighted by Gasteiger charge is 2.36. The molecule has 1 aromatic rings. The van der Waals surface area contributed by atoms with Crippen LogP contribution in [0.3, 0.4) is 0 Å². The van der Waals surface area contributed by atoms with E-state index in [1.54, 1.807) is 23.1 Å². The third-order valence-electron chi connectivity index (χ3n) is 3.36. The van der Waals surface area contributed by atoms with Crippen molar-refractivity contribution in [1.29, 1.82) is 0 Å². The maximum absolute atomic E-state index is 12.2. The second kappa shape index (κ2) is 6.35. The van der Waals surface area contributed by atoms with Gasteiger partial charge in [-0.3, -0.25) is 9.59 Å². The monoisotopic (exact) mass is 310 g/mol. The van der Waals surface area contributed by atoms with Gasteiger partial charge in [-0.1, -0.05) is 11.6 Å². The van der Waals surface area contributed by atoms with Crippen LogP contribution in [0.5, 0.6) is 5.75 Å². The van der Waals surface area contributed by atoms with Crippen molar-refractivity contribution in [2.75, 3.05) is 18.6 Å². The number of methoxy groups -OCH3 is 1. The smallest absolute Gasteiger partial charge is 0.227 e. The van der Waals surface area contributed by atoms with Crippen LogP contribution in [-0.2, 0) is 9.59 Å². The zero-order valence-electron chi connectivity index (χ0n) is 12.4. The summed E-state index contributed by atoms with van der Waals surface area (Å²) >= 11 is 5.99. The largest absolute Gasteiger partial charge is 0.495 e. The van der Waals surface area contributed by atoms with E-state index in [1.807, 2.05) is 13.8 Å². The first kappa shape index (κ1) is 15.6. The molecule has 0 radical (unpaired) electrons. The topological polar surface area (TPSA) is 58.6 Å². The molecule has 0 bridgehead atoms. The van der Waals surface area contributed by atoms with Crippen LogP contribution in [-0.4, -0.2) is 31.5 Å². The van der Waals surface area contributed by atoms with E-state index in [0.717, 1.165) is 0 Å². The lowest BCUT2D eigenvalue weighted by Crippen LogP contribution is -2.37. The summed E-state index contributed by atoms with van der Waals surface area (Å²) in [6, 6.07) is 5.16. The fraction of sp³-hybridized carbons (Fsp3) is 0.467. The van der Waals surface area contributed by atoms with Crippen molar-refractivity contribution in [2.45, 2.75) is 26.3 Å². The zero-order valence-corrected chi connectivity index (χ0v) is 13.1. The van der Waals surface area contributed by atoms with Gasteiger partial charge in [0.15, 0.2) is 0 Å². The van der Waals surface area contributed by atoms with Gasteiger partial charge in [0, 0.05) is 24.0 Å². The van der Waals surface area contributed by atoms with E-state index in [1.165, 1.54) is 7.11 Å². The van der Waals surface area contributed by atoms with E-state index in [4.69, 9.17) is 16.3 Å². The van der Waals surface area contributed by atoms with Gasteiger partial charge in [0.2, 0.25) is 11.8 Å². The van der Waals surface area contributed by atoms with Crippen molar-refractivity contribution in [3.63, 3.8) is 0 Å². The van der Waals surface area contributed by atoms with Crippen LogP contribution in [0.25, 0.3) is 0 Å². The lowest BCUT2D eigenvalue weighted by molar-refractivity contribution is -0.126. The van der Waals surface area contributed by atoms with Crippen molar-refractivity contribution in [2.24, 2.45) is 5.92 Å². The standard InChI is InChI=1S/C15H19ClN2O3/c1-9(2)17-15(20)10-6-14(19)18(8-10)12-7-11(16)4-5-13(12)21-3/h4-5,7,9-10H,6,8H2,1-3H3,(H,17,20)/t10-/m1/s1. The summed E-state index contributed by atoms with van der Waals surface area (Å²) in [6.45, 7) is 4.13. The lowest BCUT2D eigenvalue weighted by atomic mass is 10.1. The molecule has 2 rings (SSSR count). The van der Waals surface area contributed by atoms with Crippen molar-refractivity contribution in [3.05, 3.63) is 23.2 Å². The molecule has 0 aromatic heterocycles. The number of nitrogens with one attached hydrogen (secondary N) is 1. The van der Waals surface area contributed by atoms with E-state index in [-0.39, 0.29) is 30.2 Å². The highest BCUT2D eigenvalue weighted by molar-refractivity contribution is 6.31. The normalized spacial score (nSPS) is 18.2. The predicted octanol–water partition coefficient (Wildman–Crippen LogP) is 2.23. The Labute approximate surface area is 129 Å². The number of anilines is 1. The minimum Gasteiger partial charge on any atom is -0.495 e. The SMILES string of the molecule is COc1ccc(Cl)cc1N1C[C@H](C(=O)NC(C)C)CC1=O. The number of ether oxygens (including phenoxy) is 1. The van der Waals surface area contributed by atoms with Gasteiger partial charge in [-0.25, -0.2) is 0 Å². The first-order valence-electron chi connectivity index (χ1n) is 6.86. The third-order valence-corrected chi connectivity index (χ3v) is 3.59. The van der Waals surface area contributed by atoms with Gasteiger partial charge in [-0.05, 0) is 32.0 Å². The van der Waals surface area contributed by atoms with Crippen LogP contribution >= 0.6 is 11.6 Å². The summed E-state index contributed by atoms with van der Waals surface area (Å²) in [5.41, 5.74) is 0.606. The molecule has 1 N–H and O–H groups in total. The van der Waals surface area contributed by atoms with Gasteiger partial charge in [-0.15, -0.1) is 0 Å². The van der Waals surface area contributed by atoms with Crippen LogP contribution in [0.4, 0.5) is 5.69 Å². The van der Waals surface area contributed by atoms with Gasteiger partial charge in [0.25, 0.3) is 0 Å². The molecule has 21 heavy (non-hydrogen) atoms. The fourth-order valence-corrected chi connectivity index (χ4v) is 2.56. The zero-order chi connectivity index (χ0) is 15.6. The molecule has 1 aromatic carbocycles. The lowest BCUT2D eigenvalue weighted by Gasteiger charge is -2.20. The predicted molar refractivity (Wildman–Crippen MR) is 81.7 cm³/mol. The molecule has 0 aliphatic carbocycles. The Morgan fingerprint density at radius 3 is 2.81 bits per heavy atom. The van der Waals surface area contributed by atoms with E-state index >= 15 is 0 Å². The number of hydrogen-bond acceptors (Lipinski definition) is 3. The number of carbonyl (C=O) groups is 2. The summed E-state index contributed by atoms with van der Waals surface area (Å²) < 4.78 is 5.27. The Morgan fingerprint density at radius 1 is 1.48 bits per heavy atom. The third kappa shape index (κ3) is 3.47. The number of nitrogens with zero attached hydrogens (tertiary/aromatic N) is 1. The van der Waals surface area contributed by atoms with Crippen molar-refractivity contribution < 1.29 is 14.3 Å². The van der Waals surface area contributed by atoms with Crippen LogP contribution in [0.2, 0.25) is 5.02 Å². The molecule has 0 spiro atoms. The van der Waals surface area contributed by atoms with Crippen molar-refractivity contribution in [1.82, 2.24) is 5.32 Å². The number of carbonyl (C=O) groups excluding carboxylic acids is 2. The molecule has 0 unspecified atom stereocenters. The number of halogens is 1. The van der Waals surface area contributed by atoms with Crippen LogP contribution in [0.15, 0.2) is 18.2 Å². The highest BCUT2D eigenvalue weighted by Crippen LogP contribution is 2.35. The Kier molecular flexibility index (Phi) is 4.73. The number of hydrogen-bond donors (Lipinski definition) is 1. The summed E-state index contributed by atoms with van der Waals surface area (Å²) in [5.74, 6) is 0.0302. The molecule has 1 aliphatic heterocycles. The minimum absolute atomic E-state index is 0.0577. The van der Waals surface area contributed by atoms with Crippen LogP contribution in [0, 0.1) is 5.92 Å². The summed E-state index contributed by atoms with van der Waals surface area (Å²) in [4.78, 5) is 25.8. The number of rotatable bonds is 4. The Morgan fingerprint density at radius 2 is 2.19 bits per heavy atom. The molecular weight excluding hydrogens is 292 g/mol. The first-order valence-corrected chi connectivity index (χ1v) is 7.24. The molecule has 6 heteroatoms. The molecule has 1 fully saturated rings. The minimum atomic E-state index is -0.344. The molecular formula is C15H19ClN2O3. The van der Waals surface area contributed by atoms with Crippen molar-refractivity contribution in [3.8, 4) is 5.75 Å².